The molecule has 1 fully saturated rings. The average molecular weight is 372 g/mol. The quantitative estimate of drug-likeness (QED) is 0.877. The lowest BCUT2D eigenvalue weighted by atomic mass is 10.1. The predicted octanol–water partition coefficient (Wildman–Crippen LogP) is 3.24. The van der Waals surface area contributed by atoms with E-state index >= 15 is 0 Å². The van der Waals surface area contributed by atoms with Crippen LogP contribution in [-0.2, 0) is 6.42 Å². The number of hydrogen-bond acceptors (Lipinski definition) is 3. The average Bonchev–Trinajstić information content (AvgIpc) is 3.21. The van der Waals surface area contributed by atoms with E-state index in [-0.39, 0.29) is 18.0 Å². The minimum atomic E-state index is -0.0728. The van der Waals surface area contributed by atoms with Gasteiger partial charge in [0.05, 0.1) is 4.88 Å². The Labute approximate surface area is 158 Å². The van der Waals surface area contributed by atoms with Crippen LogP contribution in [0.15, 0.2) is 47.8 Å². The Kier molecular flexibility index (Phi) is 6.28. The van der Waals surface area contributed by atoms with Gasteiger partial charge >= 0.3 is 6.03 Å². The topological polar surface area (TPSA) is 52.7 Å². The van der Waals surface area contributed by atoms with Crippen LogP contribution in [0.1, 0.15) is 28.1 Å². The highest BCUT2D eigenvalue weighted by atomic mass is 32.1. The third kappa shape index (κ3) is 4.85. The molecule has 1 aliphatic rings. The first-order valence-corrected chi connectivity index (χ1v) is 9.90. The summed E-state index contributed by atoms with van der Waals surface area (Å²) in [6.07, 6.45) is 2.65. The molecule has 5 nitrogen and oxygen atoms in total. The van der Waals surface area contributed by atoms with Gasteiger partial charge in [0, 0.05) is 32.7 Å². The smallest absolute Gasteiger partial charge is 0.317 e. The van der Waals surface area contributed by atoms with E-state index in [1.54, 1.807) is 4.90 Å². The maximum absolute atomic E-state index is 12.5. The van der Waals surface area contributed by atoms with Crippen molar-refractivity contribution in [2.24, 2.45) is 0 Å². The number of piperidine rings is 1. The number of nitrogens with zero attached hydrogens (tertiary/aromatic N) is 2. The zero-order valence-corrected chi connectivity index (χ0v) is 15.9. The fraction of sp³-hybridized carbons (Fsp3) is 0.400. The number of likely N-dealkylation sites (N-methyl/N-ethyl adjacent to an activating group) is 1. The van der Waals surface area contributed by atoms with Gasteiger partial charge in [0.15, 0.2) is 0 Å². The lowest BCUT2D eigenvalue weighted by Gasteiger charge is -2.33. The number of amides is 3. The summed E-state index contributed by atoms with van der Waals surface area (Å²) >= 11 is 1.46. The second-order valence-electron chi connectivity index (χ2n) is 6.67. The van der Waals surface area contributed by atoms with Crippen LogP contribution in [0.3, 0.4) is 0 Å². The number of thiophene rings is 1. The van der Waals surface area contributed by atoms with Crippen molar-refractivity contribution in [3.63, 3.8) is 0 Å². The predicted molar refractivity (Wildman–Crippen MR) is 105 cm³/mol. The number of urea groups is 1. The Balaban J connectivity index is 1.48. The molecule has 2 aromatic rings. The standard InChI is InChI=1S/C20H25N3O2S/c1-22(13-11-16-7-3-2-4-8-16)20(25)21-17-9-5-12-23(15-17)19(24)18-10-6-14-26-18/h2-4,6-8,10,14,17H,5,9,11-13,15H2,1H3,(H,21,25)/t17-/m1/s1. The second-order valence-corrected chi connectivity index (χ2v) is 7.62. The summed E-state index contributed by atoms with van der Waals surface area (Å²) in [5, 5.41) is 5.00. The number of benzene rings is 1. The van der Waals surface area contributed by atoms with E-state index in [4.69, 9.17) is 0 Å². The molecule has 6 heteroatoms. The first-order chi connectivity index (χ1) is 12.6. The molecule has 1 atom stereocenters. The number of nitrogens with one attached hydrogen (secondary N) is 1. The number of carbonyl (C=O) groups excluding carboxylic acids is 2. The van der Waals surface area contributed by atoms with Crippen LogP contribution in [0.25, 0.3) is 0 Å². The molecule has 1 aromatic heterocycles. The van der Waals surface area contributed by atoms with Crippen molar-refractivity contribution >= 4 is 23.3 Å². The van der Waals surface area contributed by atoms with E-state index in [2.05, 4.69) is 17.4 Å². The molecule has 0 saturated carbocycles. The Hall–Kier alpha value is -2.34. The second kappa shape index (κ2) is 8.85. The third-order valence-corrected chi connectivity index (χ3v) is 5.55. The summed E-state index contributed by atoms with van der Waals surface area (Å²) in [7, 11) is 1.82. The Morgan fingerprint density at radius 3 is 2.77 bits per heavy atom. The molecule has 0 bridgehead atoms. The Morgan fingerprint density at radius 2 is 2.04 bits per heavy atom. The van der Waals surface area contributed by atoms with E-state index in [0.29, 0.717) is 13.1 Å². The van der Waals surface area contributed by atoms with E-state index in [0.717, 1.165) is 30.7 Å². The molecule has 1 saturated heterocycles. The lowest BCUT2D eigenvalue weighted by molar-refractivity contribution is 0.0700. The van der Waals surface area contributed by atoms with Crippen LogP contribution >= 0.6 is 11.3 Å². The fourth-order valence-electron chi connectivity index (χ4n) is 3.16. The number of hydrogen-bond donors (Lipinski definition) is 1. The Bertz CT molecular complexity index is 718. The van der Waals surface area contributed by atoms with E-state index < -0.39 is 0 Å². The van der Waals surface area contributed by atoms with Crippen LogP contribution < -0.4 is 5.32 Å². The highest BCUT2D eigenvalue weighted by Crippen LogP contribution is 2.17. The number of rotatable bonds is 5. The summed E-state index contributed by atoms with van der Waals surface area (Å²) < 4.78 is 0. The van der Waals surface area contributed by atoms with E-state index in [9.17, 15) is 9.59 Å². The highest BCUT2D eigenvalue weighted by Gasteiger charge is 2.26. The van der Waals surface area contributed by atoms with Crippen LogP contribution in [0, 0.1) is 0 Å². The molecule has 0 spiro atoms. The normalized spacial score (nSPS) is 17.0. The van der Waals surface area contributed by atoms with Crippen molar-refractivity contribution in [1.29, 1.82) is 0 Å². The van der Waals surface area contributed by atoms with Crippen LogP contribution in [0.4, 0.5) is 4.79 Å². The van der Waals surface area contributed by atoms with Crippen molar-refractivity contribution in [2.45, 2.75) is 25.3 Å². The Morgan fingerprint density at radius 1 is 1.23 bits per heavy atom. The van der Waals surface area contributed by atoms with Crippen molar-refractivity contribution in [3.8, 4) is 0 Å². The van der Waals surface area contributed by atoms with Gasteiger partial charge in [-0.25, -0.2) is 4.79 Å². The van der Waals surface area contributed by atoms with Gasteiger partial charge < -0.3 is 15.1 Å². The zero-order chi connectivity index (χ0) is 18.4. The number of likely N-dealkylation sites (tertiary alicyclic amines) is 1. The van der Waals surface area contributed by atoms with E-state index in [1.165, 1.54) is 16.9 Å². The van der Waals surface area contributed by atoms with Gasteiger partial charge in [-0.2, -0.15) is 0 Å². The molecule has 3 rings (SSSR count). The number of carbonyl (C=O) groups is 2. The van der Waals surface area contributed by atoms with E-state index in [1.807, 2.05) is 47.7 Å². The first kappa shape index (κ1) is 18.5. The molecule has 2 heterocycles. The molecule has 0 radical (unpaired) electrons. The largest absolute Gasteiger partial charge is 0.336 e. The molecule has 1 N–H and O–H groups in total. The van der Waals surface area contributed by atoms with Crippen molar-refractivity contribution < 1.29 is 9.59 Å². The van der Waals surface area contributed by atoms with Gasteiger partial charge in [-0.3, -0.25) is 4.79 Å². The monoisotopic (exact) mass is 371 g/mol. The molecule has 1 aliphatic heterocycles. The summed E-state index contributed by atoms with van der Waals surface area (Å²) in [6.45, 7) is 2.00. The van der Waals surface area contributed by atoms with Crippen molar-refractivity contribution in [3.05, 3.63) is 58.3 Å². The molecule has 1 aromatic carbocycles. The minimum Gasteiger partial charge on any atom is -0.336 e. The molecular weight excluding hydrogens is 346 g/mol. The van der Waals surface area contributed by atoms with Gasteiger partial charge in [0.1, 0.15) is 0 Å². The molecular formula is C20H25N3O2S. The molecule has 138 valence electrons. The highest BCUT2D eigenvalue weighted by molar-refractivity contribution is 7.12. The van der Waals surface area contributed by atoms with Gasteiger partial charge in [-0.1, -0.05) is 36.4 Å². The van der Waals surface area contributed by atoms with Gasteiger partial charge in [-0.15, -0.1) is 11.3 Å². The zero-order valence-electron chi connectivity index (χ0n) is 15.1. The van der Waals surface area contributed by atoms with Crippen LogP contribution in [-0.4, -0.2) is 54.5 Å². The lowest BCUT2D eigenvalue weighted by Crippen LogP contribution is -2.52. The summed E-state index contributed by atoms with van der Waals surface area (Å²) in [6, 6.07) is 13.8. The molecule has 3 amide bonds. The van der Waals surface area contributed by atoms with Crippen molar-refractivity contribution in [1.82, 2.24) is 15.1 Å². The first-order valence-electron chi connectivity index (χ1n) is 9.02. The maximum atomic E-state index is 12.5. The molecule has 0 unspecified atom stereocenters. The van der Waals surface area contributed by atoms with Crippen molar-refractivity contribution in [2.75, 3.05) is 26.7 Å². The fourth-order valence-corrected chi connectivity index (χ4v) is 3.85. The van der Waals surface area contributed by atoms with Gasteiger partial charge in [0.25, 0.3) is 5.91 Å². The SMILES string of the molecule is CN(CCc1ccccc1)C(=O)N[C@@H]1CCCN(C(=O)c2cccs2)C1. The summed E-state index contributed by atoms with van der Waals surface area (Å²) in [5.74, 6) is 0.0661. The minimum absolute atomic E-state index is 0.0133. The summed E-state index contributed by atoms with van der Waals surface area (Å²) in [4.78, 5) is 29.3. The van der Waals surface area contributed by atoms with Crippen LogP contribution in [0.2, 0.25) is 0 Å². The summed E-state index contributed by atoms with van der Waals surface area (Å²) in [5.41, 5.74) is 1.22. The maximum Gasteiger partial charge on any atom is 0.317 e. The third-order valence-electron chi connectivity index (χ3n) is 4.69. The molecule has 0 aliphatic carbocycles. The van der Waals surface area contributed by atoms with Gasteiger partial charge in [-0.05, 0) is 36.3 Å². The van der Waals surface area contributed by atoms with Gasteiger partial charge in [0.2, 0.25) is 0 Å². The molecule has 26 heavy (non-hydrogen) atoms. The van der Waals surface area contributed by atoms with Crippen LogP contribution in [0.5, 0.6) is 0 Å².